The summed E-state index contributed by atoms with van der Waals surface area (Å²) in [5.74, 6) is 0.940. The Bertz CT molecular complexity index is 184. The lowest BCUT2D eigenvalue weighted by Gasteiger charge is -2.21. The summed E-state index contributed by atoms with van der Waals surface area (Å²) in [4.78, 5) is 4.29. The molecule has 2 rings (SSSR count). The summed E-state index contributed by atoms with van der Waals surface area (Å²) in [7, 11) is 0. The van der Waals surface area contributed by atoms with Crippen LogP contribution in [-0.2, 0) is 4.74 Å². The van der Waals surface area contributed by atoms with Gasteiger partial charge < -0.3 is 15.8 Å². The molecule has 3 N–H and O–H groups in total. The van der Waals surface area contributed by atoms with E-state index >= 15 is 0 Å². The number of nitrogens with two attached hydrogens (primary N) is 1. The van der Waals surface area contributed by atoms with E-state index in [-0.39, 0.29) is 5.54 Å². The molecule has 0 amide bonds. The molecule has 0 radical (unpaired) electrons. The van der Waals surface area contributed by atoms with Crippen molar-refractivity contribution in [3.8, 4) is 0 Å². The van der Waals surface area contributed by atoms with Crippen LogP contribution < -0.4 is 11.1 Å². The number of nitrogens with zero attached hydrogens (tertiary/aromatic N) is 1. The lowest BCUT2D eigenvalue weighted by atomic mass is 9.99. The van der Waals surface area contributed by atoms with E-state index in [2.05, 4.69) is 10.3 Å². The Morgan fingerprint density at radius 2 is 2.55 bits per heavy atom. The summed E-state index contributed by atoms with van der Waals surface area (Å²) >= 11 is 0. The fourth-order valence-corrected chi connectivity index (χ4v) is 1.50. The maximum atomic E-state index is 6.05. The monoisotopic (exact) mass is 155 g/mol. The van der Waals surface area contributed by atoms with Gasteiger partial charge in [0.05, 0.1) is 18.7 Å². The Hall–Kier alpha value is -0.610. The van der Waals surface area contributed by atoms with Gasteiger partial charge in [0, 0.05) is 13.2 Å². The average Bonchev–Trinajstić information content (AvgIpc) is 2.55. The van der Waals surface area contributed by atoms with Gasteiger partial charge in [-0.15, -0.1) is 0 Å². The molecule has 4 heteroatoms. The van der Waals surface area contributed by atoms with E-state index in [1.54, 1.807) is 0 Å². The Balaban J connectivity index is 2.12. The largest absolute Gasteiger partial charge is 0.379 e. The maximum absolute atomic E-state index is 6.05. The van der Waals surface area contributed by atoms with Crippen LogP contribution in [0.25, 0.3) is 0 Å². The topological polar surface area (TPSA) is 59.6 Å². The fraction of sp³-hybridized carbons (Fsp3) is 0.857. The second kappa shape index (κ2) is 2.46. The predicted molar refractivity (Wildman–Crippen MR) is 42.7 cm³/mol. The van der Waals surface area contributed by atoms with E-state index in [4.69, 9.17) is 10.5 Å². The van der Waals surface area contributed by atoms with Crippen molar-refractivity contribution in [2.24, 2.45) is 10.7 Å². The molecular formula is C7H13N3O. The van der Waals surface area contributed by atoms with Gasteiger partial charge in [-0.1, -0.05) is 0 Å². The van der Waals surface area contributed by atoms with Crippen LogP contribution in [0.5, 0.6) is 0 Å². The van der Waals surface area contributed by atoms with Crippen molar-refractivity contribution >= 4 is 5.84 Å². The van der Waals surface area contributed by atoms with Crippen LogP contribution in [0, 0.1) is 0 Å². The van der Waals surface area contributed by atoms with Gasteiger partial charge in [0.1, 0.15) is 5.84 Å². The van der Waals surface area contributed by atoms with Gasteiger partial charge in [0.15, 0.2) is 0 Å². The number of hydrogen-bond donors (Lipinski definition) is 2. The van der Waals surface area contributed by atoms with E-state index in [0.717, 1.165) is 32.0 Å². The summed E-state index contributed by atoms with van der Waals surface area (Å²) < 4.78 is 5.23. The minimum atomic E-state index is -0.309. The highest BCUT2D eigenvalue weighted by atomic mass is 16.5. The van der Waals surface area contributed by atoms with Crippen LogP contribution >= 0.6 is 0 Å². The Morgan fingerprint density at radius 3 is 3.09 bits per heavy atom. The molecule has 0 saturated carbocycles. The summed E-state index contributed by atoms with van der Waals surface area (Å²) in [5, 5.41) is 3.18. The first-order valence-corrected chi connectivity index (χ1v) is 3.97. The molecule has 0 aliphatic carbocycles. The molecule has 1 unspecified atom stereocenters. The summed E-state index contributed by atoms with van der Waals surface area (Å²) in [6.45, 7) is 3.15. The molecule has 2 aliphatic rings. The third kappa shape index (κ3) is 1.12. The van der Waals surface area contributed by atoms with Crippen LogP contribution in [0.15, 0.2) is 4.99 Å². The van der Waals surface area contributed by atoms with E-state index < -0.39 is 0 Å². The zero-order valence-corrected chi connectivity index (χ0v) is 6.47. The van der Waals surface area contributed by atoms with Crippen LogP contribution in [0.3, 0.4) is 0 Å². The molecule has 62 valence electrons. The number of ether oxygens (including phenoxy) is 1. The van der Waals surface area contributed by atoms with Crippen molar-refractivity contribution in [2.75, 3.05) is 26.3 Å². The van der Waals surface area contributed by atoms with Crippen molar-refractivity contribution in [1.29, 1.82) is 0 Å². The molecule has 1 fully saturated rings. The summed E-state index contributed by atoms with van der Waals surface area (Å²) in [6, 6.07) is 0. The lowest BCUT2D eigenvalue weighted by Crippen LogP contribution is -2.53. The highest BCUT2D eigenvalue weighted by molar-refractivity contribution is 5.92. The normalized spacial score (nSPS) is 37.0. The molecule has 2 heterocycles. The van der Waals surface area contributed by atoms with Gasteiger partial charge >= 0.3 is 0 Å². The van der Waals surface area contributed by atoms with Crippen LogP contribution in [0.1, 0.15) is 6.42 Å². The zero-order valence-electron chi connectivity index (χ0n) is 6.47. The number of nitrogens with one attached hydrogen (secondary N) is 1. The van der Waals surface area contributed by atoms with Crippen LogP contribution in [-0.4, -0.2) is 37.7 Å². The highest BCUT2D eigenvalue weighted by Crippen LogP contribution is 2.17. The Kier molecular flexibility index (Phi) is 1.58. The summed E-state index contributed by atoms with van der Waals surface area (Å²) in [6.07, 6.45) is 0.888. The second-order valence-corrected chi connectivity index (χ2v) is 3.12. The van der Waals surface area contributed by atoms with Gasteiger partial charge in [-0.25, -0.2) is 0 Å². The zero-order chi connectivity index (χ0) is 7.73. The maximum Gasteiger partial charge on any atom is 0.119 e. The first-order valence-electron chi connectivity index (χ1n) is 3.97. The first kappa shape index (κ1) is 7.06. The first-order chi connectivity index (χ1) is 5.31. The quantitative estimate of drug-likeness (QED) is 0.516. The number of aliphatic imine (C=N–C) groups is 1. The van der Waals surface area contributed by atoms with Crippen molar-refractivity contribution in [1.82, 2.24) is 5.32 Å². The average molecular weight is 155 g/mol. The smallest absolute Gasteiger partial charge is 0.119 e. The summed E-state index contributed by atoms with van der Waals surface area (Å²) in [5.41, 5.74) is 5.74. The van der Waals surface area contributed by atoms with Gasteiger partial charge in [-0.3, -0.25) is 4.99 Å². The van der Waals surface area contributed by atoms with Gasteiger partial charge in [0.2, 0.25) is 0 Å². The minimum Gasteiger partial charge on any atom is -0.379 e. The van der Waals surface area contributed by atoms with Crippen LogP contribution in [0.4, 0.5) is 0 Å². The number of hydrogen-bond acceptors (Lipinski definition) is 4. The highest BCUT2D eigenvalue weighted by Gasteiger charge is 2.36. The van der Waals surface area contributed by atoms with Crippen molar-refractivity contribution in [3.63, 3.8) is 0 Å². The van der Waals surface area contributed by atoms with Crippen molar-refractivity contribution in [3.05, 3.63) is 0 Å². The minimum absolute atomic E-state index is 0.309. The molecule has 1 atom stereocenters. The van der Waals surface area contributed by atoms with Gasteiger partial charge in [0.25, 0.3) is 0 Å². The molecule has 0 aromatic rings. The number of amidine groups is 1. The van der Waals surface area contributed by atoms with Crippen molar-refractivity contribution < 1.29 is 4.74 Å². The molecule has 0 bridgehead atoms. The number of rotatable bonds is 1. The SMILES string of the molecule is NC1(C2=NCCN2)CCOC1. The molecule has 2 aliphatic heterocycles. The van der Waals surface area contributed by atoms with Crippen LogP contribution in [0.2, 0.25) is 0 Å². The van der Waals surface area contributed by atoms with E-state index in [1.807, 2.05) is 0 Å². The second-order valence-electron chi connectivity index (χ2n) is 3.12. The van der Waals surface area contributed by atoms with E-state index in [0.29, 0.717) is 6.61 Å². The third-order valence-corrected chi connectivity index (χ3v) is 2.20. The van der Waals surface area contributed by atoms with E-state index in [1.165, 1.54) is 0 Å². The van der Waals surface area contributed by atoms with Gasteiger partial charge in [-0.2, -0.15) is 0 Å². The molecule has 0 spiro atoms. The lowest BCUT2D eigenvalue weighted by molar-refractivity contribution is 0.188. The van der Waals surface area contributed by atoms with Gasteiger partial charge in [-0.05, 0) is 6.42 Å². The molecule has 1 saturated heterocycles. The van der Waals surface area contributed by atoms with E-state index in [9.17, 15) is 0 Å². The molecular weight excluding hydrogens is 142 g/mol. The Labute approximate surface area is 65.8 Å². The van der Waals surface area contributed by atoms with Crippen molar-refractivity contribution in [2.45, 2.75) is 12.0 Å². The standard InChI is InChI=1S/C7H13N3O/c8-7(1-4-11-5-7)6-9-2-3-10-6/h1-5,8H2,(H,9,10). The molecule has 0 aromatic carbocycles. The Morgan fingerprint density at radius 1 is 1.64 bits per heavy atom. The predicted octanol–water partition coefficient (Wildman–Crippen LogP) is -0.894. The molecule has 0 aromatic heterocycles. The fourth-order valence-electron chi connectivity index (χ4n) is 1.50. The molecule has 11 heavy (non-hydrogen) atoms. The third-order valence-electron chi connectivity index (χ3n) is 2.20. The molecule has 4 nitrogen and oxygen atoms in total.